The fourth-order valence-electron chi connectivity index (χ4n) is 1.25. The van der Waals surface area contributed by atoms with E-state index in [1.165, 1.54) is 4.90 Å². The van der Waals surface area contributed by atoms with Gasteiger partial charge >= 0.3 is 0 Å². The van der Waals surface area contributed by atoms with E-state index in [1.807, 2.05) is 36.4 Å². The first-order chi connectivity index (χ1) is 7.78. The van der Waals surface area contributed by atoms with Gasteiger partial charge in [-0.1, -0.05) is 39.8 Å². The van der Waals surface area contributed by atoms with Crippen molar-refractivity contribution in [1.29, 1.82) is 0 Å². The van der Waals surface area contributed by atoms with Crippen LogP contribution in [0.25, 0.3) is 0 Å². The maximum atomic E-state index is 10.5. The van der Waals surface area contributed by atoms with Crippen molar-refractivity contribution in [1.82, 2.24) is 0 Å². The van der Waals surface area contributed by atoms with Crippen molar-refractivity contribution in [3.63, 3.8) is 0 Å². The third kappa shape index (κ3) is 2.97. The van der Waals surface area contributed by atoms with Crippen LogP contribution in [0, 0.1) is 0 Å². The van der Waals surface area contributed by atoms with Crippen molar-refractivity contribution in [3.05, 3.63) is 58.6 Å². The summed E-state index contributed by atoms with van der Waals surface area (Å²) in [7, 11) is 0. The molecule has 80 valence electrons. The summed E-state index contributed by atoms with van der Waals surface area (Å²) in [5.74, 6) is 0. The number of carbonyl (C=O) groups excluding carboxylic acids is 1. The molecule has 0 bridgehead atoms. The van der Waals surface area contributed by atoms with Gasteiger partial charge in [0.1, 0.15) is 6.29 Å². The van der Waals surface area contributed by atoms with Gasteiger partial charge < -0.3 is 0 Å². The van der Waals surface area contributed by atoms with Crippen molar-refractivity contribution >= 4 is 34.0 Å². The third-order valence-electron chi connectivity index (χ3n) is 2.07. The standard InChI is InChI=1S/C13H9BrOS/c14-11-3-7-13(8-4-11)16-12-5-1-10(9-15)2-6-12/h1-9H. The van der Waals surface area contributed by atoms with Crippen LogP contribution >= 0.6 is 27.7 Å². The lowest BCUT2D eigenvalue weighted by Gasteiger charge is -2.01. The number of carbonyl (C=O) groups is 1. The summed E-state index contributed by atoms with van der Waals surface area (Å²) in [6.07, 6.45) is 0.855. The Labute approximate surface area is 107 Å². The SMILES string of the molecule is O=Cc1ccc(Sc2ccc(Br)cc2)cc1. The third-order valence-corrected chi connectivity index (χ3v) is 3.61. The minimum atomic E-state index is 0.708. The van der Waals surface area contributed by atoms with E-state index in [4.69, 9.17) is 0 Å². The zero-order valence-corrected chi connectivity index (χ0v) is 10.8. The highest BCUT2D eigenvalue weighted by Crippen LogP contribution is 2.28. The van der Waals surface area contributed by atoms with Gasteiger partial charge in [-0.25, -0.2) is 0 Å². The molecule has 2 aromatic rings. The molecular weight excluding hydrogens is 284 g/mol. The van der Waals surface area contributed by atoms with Gasteiger partial charge in [-0.15, -0.1) is 0 Å². The second kappa shape index (κ2) is 5.32. The summed E-state index contributed by atoms with van der Waals surface area (Å²) >= 11 is 5.08. The Hall–Kier alpha value is -1.06. The minimum absolute atomic E-state index is 0.708. The van der Waals surface area contributed by atoms with E-state index in [9.17, 15) is 4.79 Å². The summed E-state index contributed by atoms with van der Waals surface area (Å²) < 4.78 is 1.08. The molecule has 1 nitrogen and oxygen atoms in total. The molecule has 16 heavy (non-hydrogen) atoms. The van der Waals surface area contributed by atoms with E-state index in [-0.39, 0.29) is 0 Å². The molecule has 0 unspecified atom stereocenters. The lowest BCUT2D eigenvalue weighted by molar-refractivity contribution is 0.112. The quantitative estimate of drug-likeness (QED) is 0.780. The predicted molar refractivity (Wildman–Crippen MR) is 70.1 cm³/mol. The lowest BCUT2D eigenvalue weighted by atomic mass is 10.2. The van der Waals surface area contributed by atoms with Gasteiger partial charge in [0, 0.05) is 19.8 Å². The van der Waals surface area contributed by atoms with Crippen LogP contribution in [0.1, 0.15) is 10.4 Å². The monoisotopic (exact) mass is 292 g/mol. The Bertz CT molecular complexity index is 476. The molecule has 0 spiro atoms. The Morgan fingerprint density at radius 2 is 1.38 bits per heavy atom. The Morgan fingerprint density at radius 3 is 1.88 bits per heavy atom. The normalized spacial score (nSPS) is 10.1. The molecule has 0 fully saturated rings. The number of rotatable bonds is 3. The van der Waals surface area contributed by atoms with E-state index in [1.54, 1.807) is 11.8 Å². The topological polar surface area (TPSA) is 17.1 Å². The predicted octanol–water partition coefficient (Wildman–Crippen LogP) is 4.41. The van der Waals surface area contributed by atoms with Crippen LogP contribution in [-0.4, -0.2) is 6.29 Å². The number of aldehydes is 1. The van der Waals surface area contributed by atoms with Gasteiger partial charge in [0.2, 0.25) is 0 Å². The van der Waals surface area contributed by atoms with Crippen LogP contribution in [0.5, 0.6) is 0 Å². The van der Waals surface area contributed by atoms with Gasteiger partial charge in [-0.05, 0) is 36.4 Å². The summed E-state index contributed by atoms with van der Waals surface area (Å²) in [5.41, 5.74) is 0.708. The Morgan fingerprint density at radius 1 is 0.875 bits per heavy atom. The lowest BCUT2D eigenvalue weighted by Crippen LogP contribution is -1.78. The molecular formula is C13H9BrOS. The number of halogens is 1. The minimum Gasteiger partial charge on any atom is -0.298 e. The average molecular weight is 293 g/mol. The van der Waals surface area contributed by atoms with Crippen molar-refractivity contribution in [2.45, 2.75) is 9.79 Å². The van der Waals surface area contributed by atoms with Crippen LogP contribution in [0.2, 0.25) is 0 Å². The van der Waals surface area contributed by atoms with Crippen LogP contribution in [0.15, 0.2) is 62.8 Å². The van der Waals surface area contributed by atoms with Crippen LogP contribution < -0.4 is 0 Å². The van der Waals surface area contributed by atoms with Crippen molar-refractivity contribution in [3.8, 4) is 0 Å². The van der Waals surface area contributed by atoms with E-state index in [0.29, 0.717) is 5.56 Å². The molecule has 2 rings (SSSR count). The fraction of sp³-hybridized carbons (Fsp3) is 0. The van der Waals surface area contributed by atoms with E-state index in [2.05, 4.69) is 28.1 Å². The zero-order valence-electron chi connectivity index (χ0n) is 8.39. The highest BCUT2D eigenvalue weighted by atomic mass is 79.9. The first-order valence-electron chi connectivity index (χ1n) is 4.76. The molecule has 0 aliphatic heterocycles. The second-order valence-corrected chi connectivity index (χ2v) is 5.31. The molecule has 0 N–H and O–H groups in total. The molecule has 0 aliphatic carbocycles. The highest BCUT2D eigenvalue weighted by molar-refractivity contribution is 9.10. The zero-order chi connectivity index (χ0) is 11.4. The average Bonchev–Trinajstić information content (AvgIpc) is 2.33. The summed E-state index contributed by atoms with van der Waals surface area (Å²) in [4.78, 5) is 12.8. The van der Waals surface area contributed by atoms with Gasteiger partial charge in [-0.2, -0.15) is 0 Å². The molecule has 0 saturated heterocycles. The molecule has 0 atom stereocenters. The van der Waals surface area contributed by atoms with Crippen LogP contribution in [0.4, 0.5) is 0 Å². The molecule has 0 aromatic heterocycles. The van der Waals surface area contributed by atoms with Crippen molar-refractivity contribution < 1.29 is 4.79 Å². The summed E-state index contributed by atoms with van der Waals surface area (Å²) in [6, 6.07) is 15.7. The molecule has 0 saturated carbocycles. The summed E-state index contributed by atoms with van der Waals surface area (Å²) in [5, 5.41) is 0. The summed E-state index contributed by atoms with van der Waals surface area (Å²) in [6.45, 7) is 0. The number of hydrogen-bond donors (Lipinski definition) is 0. The largest absolute Gasteiger partial charge is 0.298 e. The Balaban J connectivity index is 2.14. The van der Waals surface area contributed by atoms with Gasteiger partial charge in [0.05, 0.1) is 0 Å². The van der Waals surface area contributed by atoms with Crippen molar-refractivity contribution in [2.24, 2.45) is 0 Å². The number of benzene rings is 2. The van der Waals surface area contributed by atoms with E-state index in [0.717, 1.165) is 15.7 Å². The molecule has 0 heterocycles. The molecule has 2 aromatic carbocycles. The van der Waals surface area contributed by atoms with E-state index >= 15 is 0 Å². The molecule has 0 aliphatic rings. The molecule has 0 amide bonds. The molecule has 0 radical (unpaired) electrons. The maximum Gasteiger partial charge on any atom is 0.150 e. The number of hydrogen-bond acceptors (Lipinski definition) is 2. The van der Waals surface area contributed by atoms with Crippen molar-refractivity contribution in [2.75, 3.05) is 0 Å². The maximum absolute atomic E-state index is 10.5. The fourth-order valence-corrected chi connectivity index (χ4v) is 2.33. The van der Waals surface area contributed by atoms with E-state index < -0.39 is 0 Å². The smallest absolute Gasteiger partial charge is 0.150 e. The first-order valence-corrected chi connectivity index (χ1v) is 6.37. The van der Waals surface area contributed by atoms with Gasteiger partial charge in [0.15, 0.2) is 0 Å². The Kier molecular flexibility index (Phi) is 3.80. The first kappa shape index (κ1) is 11.4. The molecule has 3 heteroatoms. The van der Waals surface area contributed by atoms with Crippen LogP contribution in [0.3, 0.4) is 0 Å². The van der Waals surface area contributed by atoms with Gasteiger partial charge in [-0.3, -0.25) is 4.79 Å². The highest BCUT2D eigenvalue weighted by Gasteiger charge is 1.97. The van der Waals surface area contributed by atoms with Crippen LogP contribution in [-0.2, 0) is 0 Å². The second-order valence-electron chi connectivity index (χ2n) is 3.24. The van der Waals surface area contributed by atoms with Gasteiger partial charge in [0.25, 0.3) is 0 Å².